The van der Waals surface area contributed by atoms with E-state index in [1.54, 1.807) is 0 Å². The van der Waals surface area contributed by atoms with Crippen LogP contribution in [-0.4, -0.2) is 0 Å². The molecule has 9 heavy (non-hydrogen) atoms. The first-order chi connectivity index (χ1) is 4.29. The number of halogens is 1. The molecule has 0 saturated heterocycles. The van der Waals surface area contributed by atoms with E-state index < -0.39 is 0 Å². The molecule has 1 aliphatic carbocycles. The van der Waals surface area contributed by atoms with E-state index in [4.69, 9.17) is 0 Å². The highest BCUT2D eigenvalue weighted by molar-refractivity contribution is 9.11. The molecule has 0 bridgehead atoms. The first kappa shape index (κ1) is 6.81. The van der Waals surface area contributed by atoms with Gasteiger partial charge in [-0.3, -0.25) is 0 Å². The Morgan fingerprint density at radius 2 is 2.33 bits per heavy atom. The molecule has 1 rings (SSSR count). The summed E-state index contributed by atoms with van der Waals surface area (Å²) in [5.74, 6) is 0. The molecule has 0 nitrogen and oxygen atoms in total. The van der Waals surface area contributed by atoms with E-state index in [1.165, 1.54) is 5.57 Å². The Kier molecular flexibility index (Phi) is 2.29. The summed E-state index contributed by atoms with van der Waals surface area (Å²) in [5, 5.41) is 0. The lowest BCUT2D eigenvalue weighted by Gasteiger charge is -1.86. The SMILES string of the molecule is CC1=CCC=CC(Br)=C1. The molecule has 0 aliphatic heterocycles. The van der Waals surface area contributed by atoms with E-state index in [0.29, 0.717) is 0 Å². The van der Waals surface area contributed by atoms with E-state index >= 15 is 0 Å². The van der Waals surface area contributed by atoms with Gasteiger partial charge in [0.05, 0.1) is 0 Å². The minimum Gasteiger partial charge on any atom is -0.0796 e. The van der Waals surface area contributed by atoms with Crippen molar-refractivity contribution in [3.63, 3.8) is 0 Å². The zero-order valence-electron chi connectivity index (χ0n) is 5.39. The summed E-state index contributed by atoms with van der Waals surface area (Å²) in [6.45, 7) is 2.11. The first-order valence-electron chi connectivity index (χ1n) is 2.99. The fraction of sp³-hybridized carbons (Fsp3) is 0.250. The van der Waals surface area contributed by atoms with Gasteiger partial charge >= 0.3 is 0 Å². The molecule has 0 spiro atoms. The molecule has 48 valence electrons. The van der Waals surface area contributed by atoms with Crippen LogP contribution >= 0.6 is 15.9 Å². The quantitative estimate of drug-likeness (QED) is 0.543. The van der Waals surface area contributed by atoms with E-state index in [2.05, 4.69) is 47.2 Å². The van der Waals surface area contributed by atoms with Crippen LogP contribution in [0.15, 0.2) is 34.4 Å². The normalized spacial score (nSPS) is 18.4. The third-order valence-corrected chi connectivity index (χ3v) is 1.71. The highest BCUT2D eigenvalue weighted by atomic mass is 79.9. The highest BCUT2D eigenvalue weighted by Gasteiger charge is 1.89. The molecule has 0 amide bonds. The van der Waals surface area contributed by atoms with E-state index in [9.17, 15) is 0 Å². The predicted molar refractivity (Wildman–Crippen MR) is 44.5 cm³/mol. The second-order valence-corrected chi connectivity index (χ2v) is 3.03. The van der Waals surface area contributed by atoms with Crippen LogP contribution in [0.3, 0.4) is 0 Å². The van der Waals surface area contributed by atoms with Gasteiger partial charge in [0.2, 0.25) is 0 Å². The van der Waals surface area contributed by atoms with Gasteiger partial charge in [0.25, 0.3) is 0 Å². The van der Waals surface area contributed by atoms with E-state index in [-0.39, 0.29) is 0 Å². The molecule has 0 fully saturated rings. The van der Waals surface area contributed by atoms with Crippen molar-refractivity contribution < 1.29 is 0 Å². The Morgan fingerprint density at radius 1 is 1.56 bits per heavy atom. The van der Waals surface area contributed by atoms with Crippen molar-refractivity contribution in [2.75, 3.05) is 0 Å². The van der Waals surface area contributed by atoms with Gasteiger partial charge in [-0.2, -0.15) is 0 Å². The summed E-state index contributed by atoms with van der Waals surface area (Å²) in [4.78, 5) is 0. The van der Waals surface area contributed by atoms with Gasteiger partial charge in [-0.05, 0) is 19.4 Å². The Labute approximate surface area is 64.1 Å². The van der Waals surface area contributed by atoms with Crippen LogP contribution in [0.25, 0.3) is 0 Å². The van der Waals surface area contributed by atoms with E-state index in [0.717, 1.165) is 10.9 Å². The molecule has 0 aromatic carbocycles. The van der Waals surface area contributed by atoms with Crippen LogP contribution in [0.5, 0.6) is 0 Å². The molecule has 1 heteroatoms. The van der Waals surface area contributed by atoms with Crippen molar-refractivity contribution in [1.29, 1.82) is 0 Å². The van der Waals surface area contributed by atoms with Gasteiger partial charge in [0, 0.05) is 4.48 Å². The van der Waals surface area contributed by atoms with Crippen LogP contribution in [0, 0.1) is 0 Å². The fourth-order valence-corrected chi connectivity index (χ4v) is 1.31. The molecular weight excluding hydrogens is 176 g/mol. The summed E-state index contributed by atoms with van der Waals surface area (Å²) in [6, 6.07) is 0. The van der Waals surface area contributed by atoms with Crippen LogP contribution in [0.1, 0.15) is 13.3 Å². The van der Waals surface area contributed by atoms with Crippen LogP contribution in [0.4, 0.5) is 0 Å². The molecule has 1 aliphatic rings. The second kappa shape index (κ2) is 3.02. The van der Waals surface area contributed by atoms with Gasteiger partial charge in [-0.15, -0.1) is 0 Å². The van der Waals surface area contributed by atoms with Gasteiger partial charge in [0.1, 0.15) is 0 Å². The van der Waals surface area contributed by atoms with Gasteiger partial charge in [-0.25, -0.2) is 0 Å². The molecule has 0 saturated carbocycles. The van der Waals surface area contributed by atoms with Crippen molar-refractivity contribution in [3.8, 4) is 0 Å². The largest absolute Gasteiger partial charge is 0.0796 e. The fourth-order valence-electron chi connectivity index (χ4n) is 0.759. The lowest BCUT2D eigenvalue weighted by molar-refractivity contribution is 1.35. The lowest BCUT2D eigenvalue weighted by Crippen LogP contribution is -1.64. The monoisotopic (exact) mass is 184 g/mol. The van der Waals surface area contributed by atoms with Crippen molar-refractivity contribution in [1.82, 2.24) is 0 Å². The van der Waals surface area contributed by atoms with Gasteiger partial charge in [0.15, 0.2) is 0 Å². The van der Waals surface area contributed by atoms with Crippen molar-refractivity contribution in [2.45, 2.75) is 13.3 Å². The molecule has 0 radical (unpaired) electrons. The number of rotatable bonds is 0. The van der Waals surface area contributed by atoms with Crippen LogP contribution in [0.2, 0.25) is 0 Å². The smallest absolute Gasteiger partial charge is 0.0174 e. The Hall–Kier alpha value is -0.300. The summed E-state index contributed by atoms with van der Waals surface area (Å²) >= 11 is 3.41. The average molecular weight is 185 g/mol. The maximum absolute atomic E-state index is 3.41. The minimum absolute atomic E-state index is 1.05. The summed E-state index contributed by atoms with van der Waals surface area (Å²) in [5.41, 5.74) is 1.33. The first-order valence-corrected chi connectivity index (χ1v) is 3.79. The zero-order valence-corrected chi connectivity index (χ0v) is 6.98. The molecule has 0 heterocycles. The maximum atomic E-state index is 3.41. The summed E-state index contributed by atoms with van der Waals surface area (Å²) < 4.78 is 1.16. The topological polar surface area (TPSA) is 0 Å². The molecule has 0 unspecified atom stereocenters. The van der Waals surface area contributed by atoms with E-state index in [1.807, 2.05) is 0 Å². The van der Waals surface area contributed by atoms with Crippen molar-refractivity contribution in [2.24, 2.45) is 0 Å². The highest BCUT2D eigenvalue weighted by Crippen LogP contribution is 2.14. The number of hydrogen-bond donors (Lipinski definition) is 0. The maximum Gasteiger partial charge on any atom is 0.0174 e. The molecule has 0 N–H and O–H groups in total. The minimum atomic E-state index is 1.05. The molecule has 0 aromatic heterocycles. The Bertz CT molecular complexity index is 185. The zero-order chi connectivity index (χ0) is 6.69. The second-order valence-electron chi connectivity index (χ2n) is 2.12. The lowest BCUT2D eigenvalue weighted by atomic mass is 10.2. The standard InChI is InChI=1S/C8H9Br/c1-7-4-2-3-5-8(9)6-7/h3-6H,2H2,1H3. The van der Waals surface area contributed by atoms with Gasteiger partial charge in [-0.1, -0.05) is 39.7 Å². The van der Waals surface area contributed by atoms with Gasteiger partial charge < -0.3 is 0 Å². The summed E-state index contributed by atoms with van der Waals surface area (Å²) in [7, 11) is 0. The third-order valence-electron chi connectivity index (χ3n) is 1.22. The Morgan fingerprint density at radius 3 is 3.11 bits per heavy atom. The molecule has 0 atom stereocenters. The average Bonchev–Trinajstić information content (AvgIpc) is 1.93. The molecular formula is C8H9Br. The number of allylic oxidation sites excluding steroid dienone is 6. The molecule has 0 aromatic rings. The summed E-state index contributed by atoms with van der Waals surface area (Å²) in [6.07, 6.45) is 9.58. The predicted octanol–water partition coefficient (Wildman–Crippen LogP) is 3.17. The Balaban J connectivity index is 2.82. The number of hydrogen-bond acceptors (Lipinski definition) is 0. The van der Waals surface area contributed by atoms with Crippen molar-refractivity contribution >= 4 is 15.9 Å². The third kappa shape index (κ3) is 2.19. The van der Waals surface area contributed by atoms with Crippen LogP contribution < -0.4 is 0 Å². The van der Waals surface area contributed by atoms with Crippen molar-refractivity contribution in [3.05, 3.63) is 34.4 Å². The van der Waals surface area contributed by atoms with Crippen LogP contribution in [-0.2, 0) is 0 Å².